The van der Waals surface area contributed by atoms with Crippen molar-refractivity contribution in [3.05, 3.63) is 28.8 Å². The smallest absolute Gasteiger partial charge is 0.106 e. The fourth-order valence-corrected chi connectivity index (χ4v) is 1.62. The molecule has 0 heterocycles. The van der Waals surface area contributed by atoms with Crippen LogP contribution < -0.4 is 11.1 Å². The molecule has 0 radical (unpaired) electrons. The summed E-state index contributed by atoms with van der Waals surface area (Å²) in [6.45, 7) is 3.08. The number of anilines is 1. The predicted molar refractivity (Wildman–Crippen MR) is 70.7 cm³/mol. The van der Waals surface area contributed by atoms with E-state index in [1.54, 1.807) is 6.07 Å². The molecule has 1 aromatic rings. The van der Waals surface area contributed by atoms with Crippen molar-refractivity contribution in [3.63, 3.8) is 0 Å². The number of halogens is 1. The Kier molecular flexibility index (Phi) is 4.85. The minimum Gasteiger partial charge on any atom is -0.389 e. The van der Waals surface area contributed by atoms with E-state index < -0.39 is 0 Å². The fraction of sp³-hybridized carbons (Fsp3) is 0.364. The van der Waals surface area contributed by atoms with E-state index in [1.807, 2.05) is 12.1 Å². The van der Waals surface area contributed by atoms with Crippen molar-refractivity contribution >= 4 is 34.5 Å². The molecule has 0 aliphatic heterocycles. The zero-order chi connectivity index (χ0) is 11.3. The van der Waals surface area contributed by atoms with Gasteiger partial charge in [0.2, 0.25) is 0 Å². The Morgan fingerprint density at radius 1 is 1.53 bits per heavy atom. The first kappa shape index (κ1) is 12.3. The van der Waals surface area contributed by atoms with Crippen molar-refractivity contribution in [3.8, 4) is 0 Å². The van der Waals surface area contributed by atoms with Crippen molar-refractivity contribution in [1.82, 2.24) is 0 Å². The lowest BCUT2D eigenvalue weighted by Gasteiger charge is -2.10. The van der Waals surface area contributed by atoms with Gasteiger partial charge in [-0.3, -0.25) is 0 Å². The second-order valence-corrected chi connectivity index (χ2v) is 4.21. The highest BCUT2D eigenvalue weighted by Crippen LogP contribution is 2.20. The molecule has 2 nitrogen and oxygen atoms in total. The minimum atomic E-state index is 0.372. The first-order valence-corrected chi connectivity index (χ1v) is 5.77. The maximum atomic E-state index is 5.88. The molecule has 4 heteroatoms. The summed E-state index contributed by atoms with van der Waals surface area (Å²) in [5, 5.41) is 3.95. The summed E-state index contributed by atoms with van der Waals surface area (Å²) >= 11 is 10.8. The molecule has 0 atom stereocenters. The molecular formula is C11H15ClN2S. The molecule has 15 heavy (non-hydrogen) atoms. The van der Waals surface area contributed by atoms with Gasteiger partial charge in [0, 0.05) is 22.8 Å². The number of rotatable bonds is 5. The van der Waals surface area contributed by atoms with Gasteiger partial charge in [-0.15, -0.1) is 0 Å². The molecule has 1 rings (SSSR count). The van der Waals surface area contributed by atoms with Crippen LogP contribution in [0.5, 0.6) is 0 Å². The van der Waals surface area contributed by atoms with Gasteiger partial charge in [-0.2, -0.15) is 0 Å². The fourth-order valence-electron chi connectivity index (χ4n) is 1.27. The van der Waals surface area contributed by atoms with E-state index in [1.165, 1.54) is 0 Å². The van der Waals surface area contributed by atoms with Gasteiger partial charge in [0.15, 0.2) is 0 Å². The topological polar surface area (TPSA) is 38.0 Å². The van der Waals surface area contributed by atoms with Crippen LogP contribution in [-0.2, 0) is 0 Å². The Balaban J connectivity index is 2.81. The van der Waals surface area contributed by atoms with Crippen molar-refractivity contribution < 1.29 is 0 Å². The Morgan fingerprint density at radius 3 is 2.87 bits per heavy atom. The summed E-state index contributed by atoms with van der Waals surface area (Å²) in [7, 11) is 0. The maximum absolute atomic E-state index is 5.88. The van der Waals surface area contributed by atoms with E-state index >= 15 is 0 Å². The van der Waals surface area contributed by atoms with E-state index in [0.717, 1.165) is 30.6 Å². The van der Waals surface area contributed by atoms with Crippen molar-refractivity contribution in [1.29, 1.82) is 0 Å². The molecule has 0 saturated heterocycles. The molecule has 0 aliphatic carbocycles. The van der Waals surface area contributed by atoms with Gasteiger partial charge in [-0.1, -0.05) is 37.2 Å². The van der Waals surface area contributed by atoms with E-state index in [-0.39, 0.29) is 0 Å². The van der Waals surface area contributed by atoms with Crippen molar-refractivity contribution in [2.75, 3.05) is 11.9 Å². The molecule has 0 fully saturated rings. The Bertz CT molecular complexity index is 352. The maximum Gasteiger partial charge on any atom is 0.106 e. The Hall–Kier alpha value is -0.800. The van der Waals surface area contributed by atoms with E-state index in [4.69, 9.17) is 29.6 Å². The number of nitrogens with two attached hydrogens (primary N) is 1. The highest BCUT2D eigenvalue weighted by atomic mass is 35.5. The number of hydrogen-bond donors (Lipinski definition) is 2. The molecular weight excluding hydrogens is 228 g/mol. The molecule has 1 aromatic carbocycles. The second-order valence-electron chi connectivity index (χ2n) is 3.33. The first-order valence-electron chi connectivity index (χ1n) is 4.98. The average molecular weight is 243 g/mol. The lowest BCUT2D eigenvalue weighted by atomic mass is 10.1. The third kappa shape index (κ3) is 3.68. The van der Waals surface area contributed by atoms with Crippen LogP contribution in [0.3, 0.4) is 0 Å². The molecule has 0 aliphatic rings. The lowest BCUT2D eigenvalue weighted by molar-refractivity contribution is 0.834. The summed E-state index contributed by atoms with van der Waals surface area (Å²) in [5.74, 6) is 0. The number of benzene rings is 1. The summed E-state index contributed by atoms with van der Waals surface area (Å²) in [6.07, 6.45) is 2.28. The average Bonchev–Trinajstić information content (AvgIpc) is 2.20. The van der Waals surface area contributed by atoms with Crippen LogP contribution in [0.4, 0.5) is 5.69 Å². The van der Waals surface area contributed by atoms with Gasteiger partial charge in [-0.05, 0) is 24.6 Å². The quantitative estimate of drug-likeness (QED) is 0.615. The third-order valence-electron chi connectivity index (χ3n) is 2.09. The second kappa shape index (κ2) is 5.93. The molecule has 0 spiro atoms. The number of hydrogen-bond acceptors (Lipinski definition) is 2. The highest BCUT2D eigenvalue weighted by molar-refractivity contribution is 7.80. The summed E-state index contributed by atoms with van der Waals surface area (Å²) < 4.78 is 0. The molecule has 82 valence electrons. The zero-order valence-corrected chi connectivity index (χ0v) is 10.3. The van der Waals surface area contributed by atoms with Gasteiger partial charge >= 0.3 is 0 Å². The number of unbranched alkanes of at least 4 members (excludes halogenated alkanes) is 1. The van der Waals surface area contributed by atoms with Crippen LogP contribution in [0.2, 0.25) is 5.02 Å². The SMILES string of the molecule is CCCCNc1ccc(Cl)cc1C(N)=S. The first-order chi connectivity index (χ1) is 7.15. The van der Waals surface area contributed by atoms with Crippen LogP contribution in [0.15, 0.2) is 18.2 Å². The van der Waals surface area contributed by atoms with Crippen LogP contribution >= 0.6 is 23.8 Å². The molecule has 0 aromatic heterocycles. The summed E-state index contributed by atoms with van der Waals surface area (Å²) in [6, 6.07) is 5.53. The Morgan fingerprint density at radius 2 is 2.27 bits per heavy atom. The van der Waals surface area contributed by atoms with Gasteiger partial charge < -0.3 is 11.1 Å². The van der Waals surface area contributed by atoms with Crippen LogP contribution in [0, 0.1) is 0 Å². The minimum absolute atomic E-state index is 0.372. The van der Waals surface area contributed by atoms with Gasteiger partial charge in [-0.25, -0.2) is 0 Å². The standard InChI is InChI=1S/C11H15ClN2S/c1-2-3-6-14-10-5-4-8(12)7-9(10)11(13)15/h4-5,7,14H,2-3,6H2,1H3,(H2,13,15). The Labute approximate surface area is 101 Å². The normalized spacial score (nSPS) is 10.0. The molecule has 0 saturated carbocycles. The molecule has 0 amide bonds. The van der Waals surface area contributed by atoms with Gasteiger partial charge in [0.05, 0.1) is 0 Å². The molecule has 0 unspecified atom stereocenters. The van der Waals surface area contributed by atoms with Gasteiger partial charge in [0.1, 0.15) is 4.99 Å². The van der Waals surface area contributed by atoms with Crippen molar-refractivity contribution in [2.45, 2.75) is 19.8 Å². The number of nitrogens with one attached hydrogen (secondary N) is 1. The lowest BCUT2D eigenvalue weighted by Crippen LogP contribution is -2.13. The van der Waals surface area contributed by atoms with Crippen molar-refractivity contribution in [2.24, 2.45) is 5.73 Å². The monoisotopic (exact) mass is 242 g/mol. The predicted octanol–water partition coefficient (Wildman–Crippen LogP) is 3.19. The molecule has 0 bridgehead atoms. The molecule has 3 N–H and O–H groups in total. The number of thiocarbonyl (C=S) groups is 1. The van der Waals surface area contributed by atoms with E-state index in [0.29, 0.717) is 10.0 Å². The summed E-state index contributed by atoms with van der Waals surface area (Å²) in [4.78, 5) is 0.372. The van der Waals surface area contributed by atoms with E-state index in [2.05, 4.69) is 12.2 Å². The van der Waals surface area contributed by atoms with E-state index in [9.17, 15) is 0 Å². The third-order valence-corrected chi connectivity index (χ3v) is 2.55. The van der Waals surface area contributed by atoms with Crippen LogP contribution in [0.25, 0.3) is 0 Å². The highest BCUT2D eigenvalue weighted by Gasteiger charge is 2.05. The summed E-state index contributed by atoms with van der Waals surface area (Å²) in [5.41, 5.74) is 7.39. The van der Waals surface area contributed by atoms with Crippen LogP contribution in [-0.4, -0.2) is 11.5 Å². The van der Waals surface area contributed by atoms with Gasteiger partial charge in [0.25, 0.3) is 0 Å². The van der Waals surface area contributed by atoms with Crippen LogP contribution in [0.1, 0.15) is 25.3 Å². The largest absolute Gasteiger partial charge is 0.389 e. The zero-order valence-electron chi connectivity index (χ0n) is 8.72.